The van der Waals surface area contributed by atoms with E-state index in [2.05, 4.69) is 15.0 Å². The molecule has 27 heavy (non-hydrogen) atoms. The monoisotopic (exact) mass is 361 g/mol. The molecule has 0 radical (unpaired) electrons. The Bertz CT molecular complexity index is 1150. The van der Waals surface area contributed by atoms with Crippen LogP contribution < -0.4 is 11.4 Å². The fourth-order valence-corrected chi connectivity index (χ4v) is 3.27. The van der Waals surface area contributed by atoms with Gasteiger partial charge in [-0.3, -0.25) is 4.79 Å². The van der Waals surface area contributed by atoms with E-state index in [0.29, 0.717) is 13.0 Å². The number of aromatic nitrogens is 4. The van der Waals surface area contributed by atoms with E-state index in [1.165, 1.54) is 0 Å². The number of hydrogen-bond donors (Lipinski definition) is 3. The zero-order valence-electron chi connectivity index (χ0n) is 14.6. The number of nitrogens with two attached hydrogens (primary N) is 1. The lowest BCUT2D eigenvalue weighted by atomic mass is 10.1. The van der Waals surface area contributed by atoms with E-state index >= 15 is 0 Å². The fourth-order valence-electron chi connectivity index (χ4n) is 3.27. The standard InChI is InChI=1S/C20H19N5O2/c21-19(26)10-18-17(8-13-4-2-1-3-5-13)22-12-25(18)11-14-6-7-15-16(9-14)24-20(27)23-15/h1-7,9,12H,8,10-11H2,(H2,21,26)(H2,23,24,27). The molecule has 0 atom stereocenters. The van der Waals surface area contributed by atoms with Crippen LogP contribution in [0, 0.1) is 0 Å². The van der Waals surface area contributed by atoms with E-state index in [9.17, 15) is 9.59 Å². The van der Waals surface area contributed by atoms with Gasteiger partial charge in [-0.25, -0.2) is 9.78 Å². The minimum atomic E-state index is -0.392. The lowest BCUT2D eigenvalue weighted by molar-refractivity contribution is -0.117. The number of carbonyl (C=O) groups excluding carboxylic acids is 1. The molecule has 2 heterocycles. The summed E-state index contributed by atoms with van der Waals surface area (Å²) in [5.74, 6) is -0.392. The van der Waals surface area contributed by atoms with Gasteiger partial charge in [-0.15, -0.1) is 0 Å². The summed E-state index contributed by atoms with van der Waals surface area (Å²) in [4.78, 5) is 33.0. The molecular weight excluding hydrogens is 342 g/mol. The first kappa shape index (κ1) is 16.8. The number of primary amides is 1. The largest absolute Gasteiger partial charge is 0.369 e. The van der Waals surface area contributed by atoms with Gasteiger partial charge < -0.3 is 20.3 Å². The molecule has 7 nitrogen and oxygen atoms in total. The highest BCUT2D eigenvalue weighted by Crippen LogP contribution is 2.17. The van der Waals surface area contributed by atoms with Crippen LogP contribution in [0.15, 0.2) is 59.7 Å². The van der Waals surface area contributed by atoms with Gasteiger partial charge in [0.1, 0.15) is 0 Å². The van der Waals surface area contributed by atoms with E-state index in [1.54, 1.807) is 6.33 Å². The normalized spacial score (nSPS) is 11.1. The van der Waals surface area contributed by atoms with Gasteiger partial charge in [-0.1, -0.05) is 36.4 Å². The van der Waals surface area contributed by atoms with E-state index in [4.69, 9.17) is 5.73 Å². The Morgan fingerprint density at radius 3 is 2.59 bits per heavy atom. The van der Waals surface area contributed by atoms with Gasteiger partial charge in [-0.05, 0) is 23.3 Å². The van der Waals surface area contributed by atoms with Crippen molar-refractivity contribution in [3.63, 3.8) is 0 Å². The van der Waals surface area contributed by atoms with Crippen molar-refractivity contribution < 1.29 is 4.79 Å². The zero-order valence-corrected chi connectivity index (χ0v) is 14.6. The number of nitrogens with zero attached hydrogens (tertiary/aromatic N) is 2. The summed E-state index contributed by atoms with van der Waals surface area (Å²) in [5, 5.41) is 0. The van der Waals surface area contributed by atoms with Crippen LogP contribution in [-0.2, 0) is 24.2 Å². The number of fused-ring (bicyclic) bond motifs is 1. The molecule has 0 saturated heterocycles. The third kappa shape index (κ3) is 3.67. The molecule has 0 bridgehead atoms. The van der Waals surface area contributed by atoms with Gasteiger partial charge in [0, 0.05) is 13.0 Å². The van der Waals surface area contributed by atoms with Gasteiger partial charge in [-0.2, -0.15) is 0 Å². The van der Waals surface area contributed by atoms with Gasteiger partial charge in [0.25, 0.3) is 0 Å². The van der Waals surface area contributed by atoms with Crippen LogP contribution in [-0.4, -0.2) is 25.4 Å². The summed E-state index contributed by atoms with van der Waals surface area (Å²) in [7, 11) is 0. The number of aromatic amines is 2. The molecule has 0 spiro atoms. The van der Waals surface area contributed by atoms with Gasteiger partial charge in [0.2, 0.25) is 5.91 Å². The Morgan fingerprint density at radius 2 is 1.81 bits per heavy atom. The van der Waals surface area contributed by atoms with Crippen molar-refractivity contribution in [2.75, 3.05) is 0 Å². The number of benzene rings is 2. The Morgan fingerprint density at radius 1 is 1.04 bits per heavy atom. The molecule has 0 fully saturated rings. The Kier molecular flexibility index (Phi) is 4.33. The lowest BCUT2D eigenvalue weighted by Gasteiger charge is -2.09. The average molecular weight is 361 g/mol. The maximum atomic E-state index is 11.6. The van der Waals surface area contributed by atoms with E-state index in [1.807, 2.05) is 53.1 Å². The Balaban J connectivity index is 1.66. The average Bonchev–Trinajstić information content (AvgIpc) is 3.18. The summed E-state index contributed by atoms with van der Waals surface area (Å²) in [6, 6.07) is 15.7. The number of imidazole rings is 2. The van der Waals surface area contributed by atoms with E-state index in [0.717, 1.165) is 33.5 Å². The predicted molar refractivity (Wildman–Crippen MR) is 102 cm³/mol. The fraction of sp³-hybridized carbons (Fsp3) is 0.150. The molecule has 0 aliphatic heterocycles. The number of amides is 1. The third-order valence-electron chi connectivity index (χ3n) is 4.52. The van der Waals surface area contributed by atoms with Gasteiger partial charge in [0.15, 0.2) is 0 Å². The second-order valence-corrected chi connectivity index (χ2v) is 6.53. The second kappa shape index (κ2) is 6.95. The number of rotatable bonds is 6. The molecule has 7 heteroatoms. The summed E-state index contributed by atoms with van der Waals surface area (Å²) in [5.41, 5.74) is 10.5. The molecule has 0 aliphatic carbocycles. The minimum Gasteiger partial charge on any atom is -0.369 e. The number of carbonyl (C=O) groups is 1. The van der Waals surface area contributed by atoms with Gasteiger partial charge >= 0.3 is 5.69 Å². The quantitative estimate of drug-likeness (QED) is 0.486. The summed E-state index contributed by atoms with van der Waals surface area (Å²) in [6.45, 7) is 0.535. The first-order valence-corrected chi connectivity index (χ1v) is 8.64. The van der Waals surface area contributed by atoms with Crippen molar-refractivity contribution in [2.24, 2.45) is 5.73 Å². The highest BCUT2D eigenvalue weighted by molar-refractivity contribution is 5.76. The predicted octanol–water partition coefficient (Wildman–Crippen LogP) is 1.72. The Hall–Kier alpha value is -3.61. The van der Waals surface area contributed by atoms with E-state index in [-0.39, 0.29) is 12.1 Å². The van der Waals surface area contributed by atoms with Crippen molar-refractivity contribution >= 4 is 16.9 Å². The van der Waals surface area contributed by atoms with Crippen LogP contribution >= 0.6 is 0 Å². The molecule has 4 rings (SSSR count). The van der Waals surface area contributed by atoms with Crippen LogP contribution in [0.3, 0.4) is 0 Å². The number of H-pyrrole nitrogens is 2. The van der Waals surface area contributed by atoms with Crippen LogP contribution in [0.1, 0.15) is 22.5 Å². The van der Waals surface area contributed by atoms with Crippen molar-refractivity contribution in [1.29, 1.82) is 0 Å². The molecule has 1 amide bonds. The number of hydrogen-bond acceptors (Lipinski definition) is 3. The van der Waals surface area contributed by atoms with Gasteiger partial charge in [0.05, 0.1) is 35.2 Å². The summed E-state index contributed by atoms with van der Waals surface area (Å²) in [6.07, 6.45) is 2.51. The summed E-state index contributed by atoms with van der Waals surface area (Å²) < 4.78 is 1.94. The zero-order chi connectivity index (χ0) is 18.8. The maximum Gasteiger partial charge on any atom is 0.323 e. The molecular formula is C20H19N5O2. The summed E-state index contributed by atoms with van der Waals surface area (Å²) >= 11 is 0. The van der Waals surface area contributed by atoms with Crippen molar-refractivity contribution in [1.82, 2.24) is 19.5 Å². The smallest absolute Gasteiger partial charge is 0.323 e. The van der Waals surface area contributed by atoms with Crippen LogP contribution in [0.4, 0.5) is 0 Å². The molecule has 4 aromatic rings. The minimum absolute atomic E-state index is 0.130. The topological polar surface area (TPSA) is 110 Å². The maximum absolute atomic E-state index is 11.6. The van der Waals surface area contributed by atoms with Crippen molar-refractivity contribution in [3.05, 3.63) is 87.9 Å². The highest BCUT2D eigenvalue weighted by atomic mass is 16.1. The molecule has 4 N–H and O–H groups in total. The van der Waals surface area contributed by atoms with Crippen LogP contribution in [0.25, 0.3) is 11.0 Å². The number of nitrogens with one attached hydrogen (secondary N) is 2. The molecule has 2 aromatic carbocycles. The molecule has 0 saturated carbocycles. The van der Waals surface area contributed by atoms with Crippen molar-refractivity contribution in [3.8, 4) is 0 Å². The second-order valence-electron chi connectivity index (χ2n) is 6.53. The Labute approximate surface area is 154 Å². The first-order chi connectivity index (χ1) is 13.1. The first-order valence-electron chi connectivity index (χ1n) is 8.64. The highest BCUT2D eigenvalue weighted by Gasteiger charge is 2.14. The molecule has 0 aliphatic rings. The lowest BCUT2D eigenvalue weighted by Crippen LogP contribution is -2.18. The third-order valence-corrected chi connectivity index (χ3v) is 4.52. The van der Waals surface area contributed by atoms with Crippen LogP contribution in [0.2, 0.25) is 0 Å². The van der Waals surface area contributed by atoms with Crippen molar-refractivity contribution in [2.45, 2.75) is 19.4 Å². The molecule has 0 unspecified atom stereocenters. The van der Waals surface area contributed by atoms with Crippen LogP contribution in [0.5, 0.6) is 0 Å². The SMILES string of the molecule is NC(=O)Cc1c(Cc2ccccc2)ncn1Cc1ccc2[nH]c(=O)[nH]c2c1. The molecule has 136 valence electrons. The van der Waals surface area contributed by atoms with E-state index < -0.39 is 5.91 Å². The molecule has 2 aromatic heterocycles.